The van der Waals surface area contributed by atoms with Crippen molar-refractivity contribution in [1.82, 2.24) is 0 Å². The normalized spacial score (nSPS) is 10.1. The molecule has 3 heteroatoms. The molecule has 0 fully saturated rings. The van der Waals surface area contributed by atoms with Crippen LogP contribution in [0.4, 0.5) is 0 Å². The fraction of sp³-hybridized carbons (Fsp3) is 0. The van der Waals surface area contributed by atoms with Crippen LogP contribution in [0, 0.1) is 0 Å². The van der Waals surface area contributed by atoms with E-state index in [4.69, 9.17) is 17.8 Å². The number of halogens is 2. The van der Waals surface area contributed by atoms with Gasteiger partial charge < -0.3 is 0 Å². The molecule has 0 amide bonds. The molecule has 0 aliphatic carbocycles. The molecule has 0 unspecified atom stereocenters. The molecule has 1 rings (SSSR count). The summed E-state index contributed by atoms with van der Waals surface area (Å²) in [7, 11) is 11.5. The average molecular weight is 267 g/mol. The topological polar surface area (TPSA) is 0 Å². The Morgan fingerprint density at radius 2 is 1.56 bits per heavy atom. The van der Waals surface area contributed by atoms with E-state index in [9.17, 15) is 0 Å². The molecule has 1 aromatic rings. The first-order valence-electron chi connectivity index (χ1n) is 2.54. The van der Waals surface area contributed by atoms with E-state index >= 15 is 0 Å². The minimum absolute atomic E-state index is 1.14. The fourth-order valence-corrected chi connectivity index (χ4v) is 3.52. The molecule has 9 heavy (non-hydrogen) atoms. The van der Waals surface area contributed by atoms with Gasteiger partial charge in [0.05, 0.1) is 0 Å². The van der Waals surface area contributed by atoms with Crippen LogP contribution in [0.15, 0.2) is 30.3 Å². The van der Waals surface area contributed by atoms with Crippen LogP contribution in [-0.4, -0.2) is 17.5 Å². The number of benzene rings is 1. The Morgan fingerprint density at radius 3 is 1.89 bits per heavy atom. The standard InChI is InChI=1S/C6H5.2ClH.Sn/c1-2-4-6-5-3-1;;;/h1-5H;2*1H;/q;;;+2/p-2. The quantitative estimate of drug-likeness (QED) is 0.681. The first-order valence-corrected chi connectivity index (χ1v) is 11.2. The molecule has 0 nitrogen and oxygen atoms in total. The molecule has 0 N–H and O–H groups in total. The Bertz CT molecular complexity index is 174. The zero-order chi connectivity index (χ0) is 6.69. The van der Waals surface area contributed by atoms with Crippen molar-refractivity contribution in [1.29, 1.82) is 0 Å². The van der Waals surface area contributed by atoms with Crippen molar-refractivity contribution < 1.29 is 0 Å². The maximum atomic E-state index is 5.77. The molecule has 47 valence electrons. The molecule has 0 spiro atoms. The molecule has 0 aromatic heterocycles. The van der Waals surface area contributed by atoms with E-state index in [0.29, 0.717) is 0 Å². The van der Waals surface area contributed by atoms with E-state index in [1.165, 1.54) is 0 Å². The molecule has 1 aromatic carbocycles. The van der Waals surface area contributed by atoms with Crippen LogP contribution in [0.1, 0.15) is 0 Å². The summed E-state index contributed by atoms with van der Waals surface area (Å²) in [6, 6.07) is 9.84. The predicted molar refractivity (Wildman–Crippen MR) is 43.5 cm³/mol. The van der Waals surface area contributed by atoms with Crippen molar-refractivity contribution in [3.8, 4) is 0 Å². The van der Waals surface area contributed by atoms with Crippen LogP contribution in [0.5, 0.6) is 0 Å². The Hall–Kier alpha value is 0.599. The van der Waals surface area contributed by atoms with Crippen molar-refractivity contribution in [2.24, 2.45) is 0 Å². The van der Waals surface area contributed by atoms with E-state index in [0.717, 1.165) is 3.58 Å². The molecular formula is C6H5Cl2Sn. The van der Waals surface area contributed by atoms with Gasteiger partial charge in [-0.05, 0) is 0 Å². The fourth-order valence-electron chi connectivity index (χ4n) is 0.564. The van der Waals surface area contributed by atoms with Crippen molar-refractivity contribution in [2.75, 3.05) is 0 Å². The van der Waals surface area contributed by atoms with E-state index in [-0.39, 0.29) is 0 Å². The first-order chi connectivity index (χ1) is 4.30. The zero-order valence-electron chi connectivity index (χ0n) is 4.64. The van der Waals surface area contributed by atoms with Crippen LogP contribution in [-0.2, 0) is 0 Å². The molecule has 0 saturated heterocycles. The van der Waals surface area contributed by atoms with Gasteiger partial charge in [-0.25, -0.2) is 0 Å². The summed E-state index contributed by atoms with van der Waals surface area (Å²) in [5.41, 5.74) is 0. The third kappa shape index (κ3) is 2.36. The van der Waals surface area contributed by atoms with Gasteiger partial charge in [-0.2, -0.15) is 0 Å². The van der Waals surface area contributed by atoms with Gasteiger partial charge in [-0.1, -0.05) is 0 Å². The summed E-state index contributed by atoms with van der Waals surface area (Å²) in [6.07, 6.45) is 0. The Balaban J connectivity index is 2.85. The van der Waals surface area contributed by atoms with Crippen LogP contribution in [0.2, 0.25) is 0 Å². The molecule has 0 atom stereocenters. The second kappa shape index (κ2) is 3.69. The number of hydrogen-bond donors (Lipinski definition) is 0. The molecule has 0 saturated carbocycles. The molecule has 0 bridgehead atoms. The molecular weight excluding hydrogens is 262 g/mol. The second-order valence-corrected chi connectivity index (χ2v) is 11.1. The third-order valence-electron chi connectivity index (χ3n) is 0.992. The van der Waals surface area contributed by atoms with Gasteiger partial charge in [0.1, 0.15) is 0 Å². The van der Waals surface area contributed by atoms with Gasteiger partial charge in [0.25, 0.3) is 0 Å². The van der Waals surface area contributed by atoms with E-state index in [1.807, 2.05) is 30.3 Å². The van der Waals surface area contributed by atoms with Crippen molar-refractivity contribution in [3.63, 3.8) is 0 Å². The van der Waals surface area contributed by atoms with Gasteiger partial charge in [-0.15, -0.1) is 0 Å². The predicted octanol–water partition coefficient (Wildman–Crippen LogP) is 1.86. The summed E-state index contributed by atoms with van der Waals surface area (Å²) in [4.78, 5) is 0. The number of rotatable bonds is 1. The summed E-state index contributed by atoms with van der Waals surface area (Å²) >= 11 is -2.08. The van der Waals surface area contributed by atoms with E-state index < -0.39 is 17.5 Å². The van der Waals surface area contributed by atoms with Crippen LogP contribution >= 0.6 is 17.8 Å². The van der Waals surface area contributed by atoms with Crippen LogP contribution in [0.3, 0.4) is 0 Å². The molecule has 0 aliphatic rings. The zero-order valence-corrected chi connectivity index (χ0v) is 9.01. The second-order valence-electron chi connectivity index (χ2n) is 1.63. The summed E-state index contributed by atoms with van der Waals surface area (Å²) in [5.74, 6) is 0. The van der Waals surface area contributed by atoms with Crippen LogP contribution in [0.25, 0.3) is 0 Å². The third-order valence-corrected chi connectivity index (χ3v) is 6.12. The summed E-state index contributed by atoms with van der Waals surface area (Å²) in [5, 5.41) is 0. The average Bonchev–Trinajstić information content (AvgIpc) is 1.90. The Labute approximate surface area is 69.0 Å². The van der Waals surface area contributed by atoms with Gasteiger partial charge in [0.2, 0.25) is 0 Å². The van der Waals surface area contributed by atoms with Gasteiger partial charge in [0.15, 0.2) is 0 Å². The maximum absolute atomic E-state index is 5.77. The van der Waals surface area contributed by atoms with E-state index in [2.05, 4.69) is 0 Å². The Morgan fingerprint density at radius 1 is 1.00 bits per heavy atom. The summed E-state index contributed by atoms with van der Waals surface area (Å²) in [6.45, 7) is 0. The number of hydrogen-bond acceptors (Lipinski definition) is 0. The monoisotopic (exact) mass is 267 g/mol. The van der Waals surface area contributed by atoms with Crippen molar-refractivity contribution in [3.05, 3.63) is 30.3 Å². The molecule has 0 heterocycles. The first kappa shape index (κ1) is 7.70. The Kier molecular flexibility index (Phi) is 3.16. The van der Waals surface area contributed by atoms with Gasteiger partial charge >= 0.3 is 69.3 Å². The van der Waals surface area contributed by atoms with Gasteiger partial charge in [0, 0.05) is 0 Å². The van der Waals surface area contributed by atoms with E-state index in [1.54, 1.807) is 0 Å². The molecule has 1 radical (unpaired) electrons. The minimum atomic E-state index is -2.08. The van der Waals surface area contributed by atoms with Gasteiger partial charge in [-0.3, -0.25) is 0 Å². The van der Waals surface area contributed by atoms with Crippen LogP contribution < -0.4 is 3.58 Å². The summed E-state index contributed by atoms with van der Waals surface area (Å²) < 4.78 is 1.14. The SMILES string of the molecule is [Cl][Sn]([Cl])[c]1ccccc1. The van der Waals surface area contributed by atoms with Crippen molar-refractivity contribution >= 4 is 38.9 Å². The van der Waals surface area contributed by atoms with Crippen molar-refractivity contribution in [2.45, 2.75) is 0 Å². The molecule has 0 aliphatic heterocycles.